The zero-order chi connectivity index (χ0) is 16.9. The number of hydrogen-bond acceptors (Lipinski definition) is 6. The topological polar surface area (TPSA) is 128 Å². The number of hydrogen-bond donors (Lipinski definition) is 4. The summed E-state index contributed by atoms with van der Waals surface area (Å²) in [6.07, 6.45) is 5.24. The highest BCUT2D eigenvalue weighted by molar-refractivity contribution is 6.06. The van der Waals surface area contributed by atoms with Gasteiger partial charge in [0.05, 0.1) is 18.6 Å². The Morgan fingerprint density at radius 1 is 1.13 bits per heavy atom. The number of amides is 4. The maximum absolute atomic E-state index is 12.7. The maximum atomic E-state index is 12.7. The lowest BCUT2D eigenvalue weighted by Gasteiger charge is -2.40. The summed E-state index contributed by atoms with van der Waals surface area (Å²) in [5.74, 6) is -2.22. The number of hydroxylamine groups is 1. The van der Waals surface area contributed by atoms with Gasteiger partial charge in [-0.25, -0.2) is 5.48 Å². The highest BCUT2D eigenvalue weighted by atomic mass is 16.5. The van der Waals surface area contributed by atoms with Crippen molar-refractivity contribution >= 4 is 23.6 Å². The molecule has 1 heterocycles. The third kappa shape index (κ3) is 4.05. The normalized spacial score (nSPS) is 21.0. The molecule has 2 aliphatic rings. The highest BCUT2D eigenvalue weighted by Gasteiger charge is 2.46. The van der Waals surface area contributed by atoms with E-state index in [9.17, 15) is 19.2 Å². The summed E-state index contributed by atoms with van der Waals surface area (Å²) in [5, 5.41) is 13.7. The Bertz CT molecular complexity index is 499. The Balaban J connectivity index is 2.01. The van der Waals surface area contributed by atoms with Crippen LogP contribution in [0, 0.1) is 0 Å². The molecule has 9 nitrogen and oxygen atoms in total. The Labute approximate surface area is 133 Å². The molecule has 1 aliphatic carbocycles. The second-order valence-corrected chi connectivity index (χ2v) is 5.95. The van der Waals surface area contributed by atoms with Crippen LogP contribution in [0.1, 0.15) is 38.5 Å². The van der Waals surface area contributed by atoms with Crippen molar-refractivity contribution in [2.24, 2.45) is 0 Å². The molecule has 2 fully saturated rings. The summed E-state index contributed by atoms with van der Waals surface area (Å²) in [4.78, 5) is 48.4. The Morgan fingerprint density at radius 2 is 1.78 bits per heavy atom. The molecule has 0 radical (unpaired) electrons. The van der Waals surface area contributed by atoms with Crippen LogP contribution in [0.3, 0.4) is 0 Å². The number of piperazine rings is 1. The van der Waals surface area contributed by atoms with Crippen molar-refractivity contribution in [3.05, 3.63) is 0 Å². The predicted molar refractivity (Wildman–Crippen MR) is 78.1 cm³/mol. The van der Waals surface area contributed by atoms with Crippen LogP contribution in [0.4, 0.5) is 0 Å². The molecule has 0 aromatic heterocycles. The number of nitrogens with zero attached hydrogens (tertiary/aromatic N) is 1. The number of nitrogens with one attached hydrogen (secondary N) is 3. The number of carbonyl (C=O) groups is 4. The molecule has 23 heavy (non-hydrogen) atoms. The van der Waals surface area contributed by atoms with Crippen molar-refractivity contribution in [3.8, 4) is 0 Å². The average Bonchev–Trinajstić information content (AvgIpc) is 2.79. The number of imide groups is 1. The zero-order valence-corrected chi connectivity index (χ0v) is 12.9. The fourth-order valence-electron chi connectivity index (χ4n) is 3.09. The minimum Gasteiger partial charge on any atom is -0.345 e. The van der Waals surface area contributed by atoms with Gasteiger partial charge >= 0.3 is 0 Å². The molecule has 0 atom stereocenters. The van der Waals surface area contributed by atoms with Gasteiger partial charge in [0.1, 0.15) is 6.54 Å². The van der Waals surface area contributed by atoms with Gasteiger partial charge in [-0.1, -0.05) is 25.7 Å². The summed E-state index contributed by atoms with van der Waals surface area (Å²) in [6.45, 7) is -0.815. The Kier molecular flexibility index (Phi) is 5.67. The zero-order valence-electron chi connectivity index (χ0n) is 12.9. The molecule has 2 rings (SSSR count). The van der Waals surface area contributed by atoms with E-state index in [2.05, 4.69) is 10.6 Å². The van der Waals surface area contributed by atoms with Crippen molar-refractivity contribution in [1.29, 1.82) is 0 Å². The molecule has 4 N–H and O–H groups in total. The van der Waals surface area contributed by atoms with Crippen LogP contribution in [-0.4, -0.2) is 58.9 Å². The Morgan fingerprint density at radius 3 is 2.39 bits per heavy atom. The second-order valence-electron chi connectivity index (χ2n) is 5.95. The van der Waals surface area contributed by atoms with E-state index in [0.717, 1.165) is 30.6 Å². The van der Waals surface area contributed by atoms with Crippen molar-refractivity contribution in [3.63, 3.8) is 0 Å². The molecule has 1 spiro atoms. The molecule has 1 aliphatic heterocycles. The summed E-state index contributed by atoms with van der Waals surface area (Å²) >= 11 is 0. The van der Waals surface area contributed by atoms with E-state index in [4.69, 9.17) is 5.21 Å². The lowest BCUT2D eigenvalue weighted by molar-refractivity contribution is -0.156. The van der Waals surface area contributed by atoms with Crippen LogP contribution < -0.4 is 16.1 Å². The van der Waals surface area contributed by atoms with Crippen molar-refractivity contribution < 1.29 is 24.4 Å². The summed E-state index contributed by atoms with van der Waals surface area (Å²) < 4.78 is 0. The number of carbonyl (C=O) groups excluding carboxylic acids is 4. The molecule has 1 saturated heterocycles. The fraction of sp³-hybridized carbons (Fsp3) is 0.714. The van der Waals surface area contributed by atoms with E-state index in [1.807, 2.05) is 0 Å². The molecule has 0 unspecified atom stereocenters. The molecule has 4 amide bonds. The van der Waals surface area contributed by atoms with E-state index in [1.165, 1.54) is 5.48 Å². The first-order valence-electron chi connectivity index (χ1n) is 7.78. The van der Waals surface area contributed by atoms with Gasteiger partial charge in [0.2, 0.25) is 17.7 Å². The Hall–Kier alpha value is -2.00. The van der Waals surface area contributed by atoms with Crippen LogP contribution in [0.15, 0.2) is 0 Å². The van der Waals surface area contributed by atoms with E-state index in [-0.39, 0.29) is 12.5 Å². The molecule has 128 valence electrons. The van der Waals surface area contributed by atoms with Crippen molar-refractivity contribution in [2.45, 2.75) is 44.1 Å². The third-order valence-corrected chi connectivity index (χ3v) is 4.36. The van der Waals surface area contributed by atoms with E-state index < -0.39 is 36.3 Å². The average molecular weight is 326 g/mol. The van der Waals surface area contributed by atoms with Crippen LogP contribution in [-0.2, 0) is 19.2 Å². The van der Waals surface area contributed by atoms with Gasteiger partial charge in [-0.3, -0.25) is 34.6 Å². The van der Waals surface area contributed by atoms with Crippen LogP contribution in [0.25, 0.3) is 0 Å². The molecular weight excluding hydrogens is 304 g/mol. The quantitative estimate of drug-likeness (QED) is 0.288. The first-order valence-corrected chi connectivity index (χ1v) is 7.78. The molecule has 1 saturated carbocycles. The maximum Gasteiger partial charge on any atom is 0.262 e. The van der Waals surface area contributed by atoms with Crippen LogP contribution >= 0.6 is 0 Å². The molecule has 0 bridgehead atoms. The standard InChI is InChI=1S/C14H22N4O5/c19-10(17-23)7-15-11(20)9-18-12(21)8-16-14(13(18)22)5-3-1-2-4-6-14/h16,23H,1-9H2,(H,15,20)(H,17,19). The minimum atomic E-state index is -0.781. The van der Waals surface area contributed by atoms with Gasteiger partial charge in [0.25, 0.3) is 5.91 Å². The van der Waals surface area contributed by atoms with Gasteiger partial charge in [0.15, 0.2) is 0 Å². The monoisotopic (exact) mass is 326 g/mol. The molecule has 0 aromatic rings. The van der Waals surface area contributed by atoms with Crippen molar-refractivity contribution in [1.82, 2.24) is 21.0 Å². The first kappa shape index (κ1) is 17.4. The van der Waals surface area contributed by atoms with Gasteiger partial charge in [-0.15, -0.1) is 0 Å². The number of rotatable bonds is 4. The smallest absolute Gasteiger partial charge is 0.262 e. The first-order chi connectivity index (χ1) is 11.0. The van der Waals surface area contributed by atoms with Gasteiger partial charge in [-0.05, 0) is 12.8 Å². The lowest BCUT2D eigenvalue weighted by atomic mass is 9.86. The van der Waals surface area contributed by atoms with Gasteiger partial charge in [0, 0.05) is 0 Å². The van der Waals surface area contributed by atoms with Crippen LogP contribution in [0.5, 0.6) is 0 Å². The third-order valence-electron chi connectivity index (χ3n) is 4.36. The molecule has 0 aromatic carbocycles. The second kappa shape index (κ2) is 7.51. The predicted octanol–water partition coefficient (Wildman–Crippen LogP) is -1.34. The summed E-state index contributed by atoms with van der Waals surface area (Å²) in [6, 6.07) is 0. The SMILES string of the molecule is O=C(CNC(=O)CN1C(=O)CNC2(CCCCCC2)C1=O)NO. The van der Waals surface area contributed by atoms with E-state index in [1.54, 1.807) is 0 Å². The van der Waals surface area contributed by atoms with Gasteiger partial charge < -0.3 is 5.32 Å². The highest BCUT2D eigenvalue weighted by Crippen LogP contribution is 2.30. The minimum absolute atomic E-state index is 0.0240. The largest absolute Gasteiger partial charge is 0.345 e. The summed E-state index contributed by atoms with van der Waals surface area (Å²) in [7, 11) is 0. The molecule has 9 heteroatoms. The fourth-order valence-corrected chi connectivity index (χ4v) is 3.09. The lowest BCUT2D eigenvalue weighted by Crippen LogP contribution is -2.67. The van der Waals surface area contributed by atoms with Gasteiger partial charge in [-0.2, -0.15) is 0 Å². The van der Waals surface area contributed by atoms with E-state index in [0.29, 0.717) is 12.8 Å². The van der Waals surface area contributed by atoms with Crippen molar-refractivity contribution in [2.75, 3.05) is 19.6 Å². The van der Waals surface area contributed by atoms with Crippen LogP contribution in [0.2, 0.25) is 0 Å². The van der Waals surface area contributed by atoms with E-state index >= 15 is 0 Å². The summed E-state index contributed by atoms with van der Waals surface area (Å²) in [5.41, 5.74) is 0.627. The molecular formula is C14H22N4O5.